The van der Waals surface area contributed by atoms with Crippen molar-refractivity contribution >= 4 is 12.3 Å². The van der Waals surface area contributed by atoms with E-state index in [9.17, 15) is 14.0 Å². The van der Waals surface area contributed by atoms with Crippen molar-refractivity contribution in [1.82, 2.24) is 0 Å². The molecule has 0 bridgehead atoms. The Morgan fingerprint density at radius 2 is 2.31 bits per heavy atom. The van der Waals surface area contributed by atoms with E-state index in [0.717, 1.165) is 6.07 Å². The fraction of sp³-hybridized carbons (Fsp3) is 0.167. The molecule has 1 rings (SSSR count). The molecule has 1 aromatic rings. The van der Waals surface area contributed by atoms with Crippen LogP contribution in [0.1, 0.15) is 22.3 Å². The number of carbonyl (C=O) groups excluding carboxylic acids is 2. The monoisotopic (exact) mass is 220 g/mol. The van der Waals surface area contributed by atoms with E-state index < -0.39 is 11.8 Å². The highest BCUT2D eigenvalue weighted by molar-refractivity contribution is 5.90. The molecule has 0 heterocycles. The van der Waals surface area contributed by atoms with Gasteiger partial charge < -0.3 is 9.53 Å². The largest absolute Gasteiger partial charge is 0.465 e. The Bertz CT molecular complexity index is 469. The lowest BCUT2D eigenvalue weighted by atomic mass is 10.1. The number of ether oxygens (including phenoxy) is 1. The van der Waals surface area contributed by atoms with Crippen molar-refractivity contribution in [1.29, 1.82) is 0 Å². The van der Waals surface area contributed by atoms with Crippen LogP contribution in [0.3, 0.4) is 0 Å². The van der Waals surface area contributed by atoms with Crippen LogP contribution >= 0.6 is 0 Å². The van der Waals surface area contributed by atoms with E-state index in [1.165, 1.54) is 19.2 Å². The first-order chi connectivity index (χ1) is 7.69. The molecule has 0 saturated heterocycles. The van der Waals surface area contributed by atoms with Gasteiger partial charge in [-0.2, -0.15) is 0 Å². The summed E-state index contributed by atoms with van der Waals surface area (Å²) in [5.74, 6) is 3.79. The maximum absolute atomic E-state index is 13.2. The average Bonchev–Trinajstić information content (AvgIpc) is 2.30. The van der Waals surface area contributed by atoms with Gasteiger partial charge in [-0.1, -0.05) is 11.8 Å². The van der Waals surface area contributed by atoms with E-state index in [4.69, 9.17) is 0 Å². The maximum Gasteiger partial charge on any atom is 0.340 e. The number of benzene rings is 1. The van der Waals surface area contributed by atoms with Gasteiger partial charge in [-0.3, -0.25) is 0 Å². The van der Waals surface area contributed by atoms with Crippen LogP contribution < -0.4 is 0 Å². The summed E-state index contributed by atoms with van der Waals surface area (Å²) in [7, 11) is 1.17. The van der Waals surface area contributed by atoms with Crippen LogP contribution in [0.5, 0.6) is 0 Å². The number of esters is 1. The third kappa shape index (κ3) is 2.92. The lowest BCUT2D eigenvalue weighted by Gasteiger charge is -2.01. The molecular formula is C12H9FO3. The van der Waals surface area contributed by atoms with Gasteiger partial charge in [-0.25, -0.2) is 9.18 Å². The molecule has 0 fully saturated rings. The average molecular weight is 220 g/mol. The molecule has 0 aromatic heterocycles. The quantitative estimate of drug-likeness (QED) is 0.431. The molecule has 0 aliphatic carbocycles. The highest BCUT2D eigenvalue weighted by atomic mass is 19.1. The van der Waals surface area contributed by atoms with E-state index in [-0.39, 0.29) is 12.0 Å². The van der Waals surface area contributed by atoms with Gasteiger partial charge in [0.2, 0.25) is 0 Å². The van der Waals surface area contributed by atoms with Crippen molar-refractivity contribution in [2.45, 2.75) is 6.42 Å². The second-order valence-electron chi connectivity index (χ2n) is 2.86. The fourth-order valence-electron chi connectivity index (χ4n) is 1.06. The zero-order chi connectivity index (χ0) is 12.0. The van der Waals surface area contributed by atoms with Crippen molar-refractivity contribution in [3.05, 3.63) is 35.1 Å². The molecule has 0 N–H and O–H groups in total. The van der Waals surface area contributed by atoms with Crippen molar-refractivity contribution in [2.75, 3.05) is 7.11 Å². The summed E-state index contributed by atoms with van der Waals surface area (Å²) in [6.07, 6.45) is 0.767. The predicted octanol–water partition coefficient (Wildman–Crippen LogP) is 1.55. The number of hydrogen-bond acceptors (Lipinski definition) is 3. The number of carbonyl (C=O) groups is 2. The fourth-order valence-corrected chi connectivity index (χ4v) is 1.06. The lowest BCUT2D eigenvalue weighted by Crippen LogP contribution is -2.04. The summed E-state index contributed by atoms with van der Waals surface area (Å²) >= 11 is 0. The summed E-state index contributed by atoms with van der Waals surface area (Å²) in [6.45, 7) is 0. The van der Waals surface area contributed by atoms with E-state index in [1.807, 2.05) is 0 Å². The summed E-state index contributed by atoms with van der Waals surface area (Å²) in [6, 6.07) is 3.86. The third-order valence-corrected chi connectivity index (χ3v) is 1.79. The highest BCUT2D eigenvalue weighted by Crippen LogP contribution is 2.11. The number of methoxy groups -OCH3 is 1. The van der Waals surface area contributed by atoms with Crippen LogP contribution in [0, 0.1) is 17.7 Å². The molecule has 0 amide bonds. The summed E-state index contributed by atoms with van der Waals surface area (Å²) in [4.78, 5) is 21.2. The van der Waals surface area contributed by atoms with Crippen LogP contribution in [-0.2, 0) is 9.53 Å². The molecule has 4 heteroatoms. The summed E-state index contributed by atoms with van der Waals surface area (Å²) in [5.41, 5.74) is 0.295. The summed E-state index contributed by atoms with van der Waals surface area (Å²) in [5, 5.41) is 0. The van der Waals surface area contributed by atoms with E-state index >= 15 is 0 Å². The molecule has 0 aliphatic rings. The van der Waals surface area contributed by atoms with E-state index in [1.54, 1.807) is 0 Å². The molecule has 3 nitrogen and oxygen atoms in total. The zero-order valence-electron chi connectivity index (χ0n) is 8.62. The summed E-state index contributed by atoms with van der Waals surface area (Å²) < 4.78 is 17.6. The highest BCUT2D eigenvalue weighted by Gasteiger charge is 2.11. The van der Waals surface area contributed by atoms with Crippen molar-refractivity contribution in [2.24, 2.45) is 0 Å². The Morgan fingerprint density at radius 3 is 2.94 bits per heavy atom. The van der Waals surface area contributed by atoms with Gasteiger partial charge in [0, 0.05) is 5.56 Å². The van der Waals surface area contributed by atoms with Crippen LogP contribution in [0.4, 0.5) is 4.39 Å². The van der Waals surface area contributed by atoms with Crippen LogP contribution in [0.15, 0.2) is 18.2 Å². The number of halogens is 1. The number of hydrogen-bond donors (Lipinski definition) is 0. The minimum atomic E-state index is -0.753. The maximum atomic E-state index is 13.2. The minimum Gasteiger partial charge on any atom is -0.465 e. The Kier molecular flexibility index (Phi) is 4.22. The second-order valence-corrected chi connectivity index (χ2v) is 2.86. The molecule has 0 aliphatic heterocycles. The van der Waals surface area contributed by atoms with Gasteiger partial charge in [-0.15, -0.1) is 0 Å². The topological polar surface area (TPSA) is 43.4 Å². The first-order valence-corrected chi connectivity index (χ1v) is 4.49. The van der Waals surface area contributed by atoms with Crippen molar-refractivity contribution in [3.8, 4) is 11.8 Å². The molecule has 1 aromatic carbocycles. The Morgan fingerprint density at radius 1 is 1.56 bits per heavy atom. The molecule has 0 spiro atoms. The smallest absolute Gasteiger partial charge is 0.340 e. The Balaban J connectivity index is 3.04. The normalized spacial score (nSPS) is 8.88. The molecule has 0 unspecified atom stereocenters. The number of aldehydes is 1. The zero-order valence-corrected chi connectivity index (χ0v) is 8.62. The molecule has 82 valence electrons. The Hall–Kier alpha value is -2.15. The van der Waals surface area contributed by atoms with Crippen LogP contribution in [-0.4, -0.2) is 19.4 Å². The van der Waals surface area contributed by atoms with Crippen LogP contribution in [0.2, 0.25) is 0 Å². The predicted molar refractivity (Wildman–Crippen MR) is 55.3 cm³/mol. The van der Waals surface area contributed by atoms with E-state index in [2.05, 4.69) is 16.6 Å². The van der Waals surface area contributed by atoms with Gasteiger partial charge in [0.05, 0.1) is 19.1 Å². The van der Waals surface area contributed by atoms with Gasteiger partial charge in [0.15, 0.2) is 0 Å². The molecule has 0 saturated carbocycles. The minimum absolute atomic E-state index is 0.102. The first-order valence-electron chi connectivity index (χ1n) is 4.49. The van der Waals surface area contributed by atoms with Gasteiger partial charge >= 0.3 is 5.97 Å². The molecule has 16 heavy (non-hydrogen) atoms. The molecule has 0 atom stereocenters. The van der Waals surface area contributed by atoms with Gasteiger partial charge in [0.25, 0.3) is 0 Å². The molecular weight excluding hydrogens is 211 g/mol. The first kappa shape index (κ1) is 11.9. The SMILES string of the molecule is COC(=O)c1cc(C#CCC=O)ccc1F. The van der Waals surface area contributed by atoms with Crippen molar-refractivity contribution < 1.29 is 18.7 Å². The van der Waals surface area contributed by atoms with E-state index in [0.29, 0.717) is 11.8 Å². The standard InChI is InChI=1S/C12H9FO3/c1-16-12(15)10-8-9(4-2-3-7-14)5-6-11(10)13/h5-8H,3H2,1H3. The molecule has 0 radical (unpaired) electrons. The lowest BCUT2D eigenvalue weighted by molar-refractivity contribution is -0.107. The van der Waals surface area contributed by atoms with Gasteiger partial charge in [0.1, 0.15) is 12.1 Å². The Labute approximate surface area is 92.2 Å². The van der Waals surface area contributed by atoms with Crippen molar-refractivity contribution in [3.63, 3.8) is 0 Å². The number of rotatable bonds is 2. The third-order valence-electron chi connectivity index (χ3n) is 1.79. The van der Waals surface area contributed by atoms with Gasteiger partial charge in [-0.05, 0) is 18.2 Å². The van der Waals surface area contributed by atoms with Crippen LogP contribution in [0.25, 0.3) is 0 Å². The second kappa shape index (κ2) is 5.66.